The van der Waals surface area contributed by atoms with Gasteiger partial charge in [0.15, 0.2) is 0 Å². The van der Waals surface area contributed by atoms with Crippen LogP contribution in [0.4, 0.5) is 0 Å². The Morgan fingerprint density at radius 1 is 1.46 bits per heavy atom. The molecular formula is C8H18N4O. The Kier molecular flexibility index (Phi) is 4.74. The van der Waals surface area contributed by atoms with Gasteiger partial charge in [-0.05, 0) is 19.3 Å². The first kappa shape index (κ1) is 10.4. The minimum Gasteiger partial charge on any atom is -0.370 e. The van der Waals surface area contributed by atoms with E-state index in [1.54, 1.807) is 0 Å². The van der Waals surface area contributed by atoms with Crippen molar-refractivity contribution >= 4 is 5.91 Å². The van der Waals surface area contributed by atoms with Gasteiger partial charge in [-0.1, -0.05) is 6.42 Å². The summed E-state index contributed by atoms with van der Waals surface area (Å²) in [4.78, 5) is 10.4. The second-order valence-corrected chi connectivity index (χ2v) is 3.39. The molecule has 0 aromatic heterocycles. The number of carbonyl (C=O) groups is 1. The summed E-state index contributed by atoms with van der Waals surface area (Å²) in [5.74, 6) is -0.198. The van der Waals surface area contributed by atoms with Gasteiger partial charge < -0.3 is 5.73 Å². The standard InChI is InChI=1S/C8H18N4O/c9-8(13)4-2-1-3-7-5-6-10-12-11-7/h7,10-12H,1-6H2,(H2,9,13). The lowest BCUT2D eigenvalue weighted by Crippen LogP contribution is -2.54. The molecule has 0 aliphatic carbocycles. The number of hydrogen-bond donors (Lipinski definition) is 4. The van der Waals surface area contributed by atoms with Crippen molar-refractivity contribution in [1.82, 2.24) is 16.4 Å². The van der Waals surface area contributed by atoms with Crippen LogP contribution in [-0.2, 0) is 4.79 Å². The van der Waals surface area contributed by atoms with Crippen LogP contribution in [0, 0.1) is 0 Å². The van der Waals surface area contributed by atoms with Crippen LogP contribution in [0.3, 0.4) is 0 Å². The molecule has 76 valence electrons. The van der Waals surface area contributed by atoms with Crippen LogP contribution >= 0.6 is 0 Å². The molecule has 1 aliphatic heterocycles. The fraction of sp³-hybridized carbons (Fsp3) is 0.875. The number of hydrogen-bond acceptors (Lipinski definition) is 4. The lowest BCUT2D eigenvalue weighted by molar-refractivity contribution is -0.118. The molecule has 0 spiro atoms. The fourth-order valence-corrected chi connectivity index (χ4v) is 1.44. The predicted molar refractivity (Wildman–Crippen MR) is 50.3 cm³/mol. The quantitative estimate of drug-likeness (QED) is 0.432. The molecule has 5 heteroatoms. The van der Waals surface area contributed by atoms with Gasteiger partial charge in [0.1, 0.15) is 0 Å². The van der Waals surface area contributed by atoms with Crippen molar-refractivity contribution < 1.29 is 4.79 Å². The molecule has 1 heterocycles. The van der Waals surface area contributed by atoms with E-state index in [-0.39, 0.29) is 5.91 Å². The van der Waals surface area contributed by atoms with Gasteiger partial charge in [0.05, 0.1) is 0 Å². The van der Waals surface area contributed by atoms with E-state index in [4.69, 9.17) is 5.73 Å². The second kappa shape index (κ2) is 5.90. The molecule has 0 aromatic rings. The van der Waals surface area contributed by atoms with Crippen LogP contribution in [0.1, 0.15) is 32.1 Å². The van der Waals surface area contributed by atoms with Crippen molar-refractivity contribution in [3.8, 4) is 0 Å². The summed E-state index contributed by atoms with van der Waals surface area (Å²) >= 11 is 0. The lowest BCUT2D eigenvalue weighted by atomic mass is 10.1. The number of amides is 1. The van der Waals surface area contributed by atoms with E-state index in [2.05, 4.69) is 16.4 Å². The monoisotopic (exact) mass is 186 g/mol. The average Bonchev–Trinajstić information content (AvgIpc) is 2.14. The second-order valence-electron chi connectivity index (χ2n) is 3.39. The van der Waals surface area contributed by atoms with E-state index in [0.717, 1.165) is 32.2 Å². The number of carbonyl (C=O) groups excluding carboxylic acids is 1. The molecular weight excluding hydrogens is 168 g/mol. The number of hydrazine groups is 2. The molecule has 0 saturated carbocycles. The van der Waals surface area contributed by atoms with Crippen molar-refractivity contribution in [2.45, 2.75) is 38.1 Å². The highest BCUT2D eigenvalue weighted by molar-refractivity contribution is 5.73. The van der Waals surface area contributed by atoms with E-state index in [1.807, 2.05) is 0 Å². The van der Waals surface area contributed by atoms with Gasteiger partial charge in [-0.15, -0.1) is 0 Å². The van der Waals surface area contributed by atoms with Crippen molar-refractivity contribution in [2.75, 3.05) is 6.54 Å². The van der Waals surface area contributed by atoms with Crippen LogP contribution in [0.2, 0.25) is 0 Å². The van der Waals surface area contributed by atoms with Crippen LogP contribution in [-0.4, -0.2) is 18.5 Å². The lowest BCUT2D eigenvalue weighted by Gasteiger charge is -2.24. The van der Waals surface area contributed by atoms with E-state index >= 15 is 0 Å². The Morgan fingerprint density at radius 3 is 2.92 bits per heavy atom. The van der Waals surface area contributed by atoms with Crippen molar-refractivity contribution in [3.05, 3.63) is 0 Å². The molecule has 1 saturated heterocycles. The van der Waals surface area contributed by atoms with Crippen LogP contribution in [0.15, 0.2) is 0 Å². The summed E-state index contributed by atoms with van der Waals surface area (Å²) in [7, 11) is 0. The molecule has 5 nitrogen and oxygen atoms in total. The largest absolute Gasteiger partial charge is 0.370 e. The van der Waals surface area contributed by atoms with Gasteiger partial charge in [-0.2, -0.15) is 5.53 Å². The highest BCUT2D eigenvalue weighted by Gasteiger charge is 2.10. The SMILES string of the molecule is NC(=O)CCCCC1CCNNN1. The van der Waals surface area contributed by atoms with Gasteiger partial charge in [0.25, 0.3) is 0 Å². The third-order valence-corrected chi connectivity index (χ3v) is 2.21. The molecule has 0 aromatic carbocycles. The van der Waals surface area contributed by atoms with E-state index in [9.17, 15) is 4.79 Å². The van der Waals surface area contributed by atoms with Gasteiger partial charge >= 0.3 is 0 Å². The average molecular weight is 186 g/mol. The summed E-state index contributed by atoms with van der Waals surface area (Å²) in [6.45, 7) is 0.994. The Labute approximate surface area is 78.4 Å². The molecule has 0 radical (unpaired) electrons. The zero-order valence-electron chi connectivity index (χ0n) is 7.81. The van der Waals surface area contributed by atoms with Crippen molar-refractivity contribution in [3.63, 3.8) is 0 Å². The number of unbranched alkanes of at least 4 members (excludes halogenated alkanes) is 1. The maximum Gasteiger partial charge on any atom is 0.217 e. The first-order valence-corrected chi connectivity index (χ1v) is 4.81. The Hall–Kier alpha value is -0.650. The molecule has 1 atom stereocenters. The molecule has 5 N–H and O–H groups in total. The molecule has 1 aliphatic rings. The van der Waals surface area contributed by atoms with Crippen molar-refractivity contribution in [2.24, 2.45) is 5.73 Å². The first-order valence-electron chi connectivity index (χ1n) is 4.81. The summed E-state index contributed by atoms with van der Waals surface area (Å²) in [6.07, 6.45) is 4.70. The smallest absolute Gasteiger partial charge is 0.217 e. The minimum atomic E-state index is -0.198. The van der Waals surface area contributed by atoms with E-state index in [1.165, 1.54) is 0 Å². The zero-order chi connectivity index (χ0) is 9.52. The van der Waals surface area contributed by atoms with Gasteiger partial charge in [-0.25, -0.2) is 10.9 Å². The third-order valence-electron chi connectivity index (χ3n) is 2.21. The van der Waals surface area contributed by atoms with Gasteiger partial charge in [0, 0.05) is 19.0 Å². The maximum atomic E-state index is 10.4. The number of primary amides is 1. The van der Waals surface area contributed by atoms with Crippen LogP contribution < -0.4 is 22.1 Å². The number of nitrogens with one attached hydrogen (secondary N) is 3. The summed E-state index contributed by atoms with van der Waals surface area (Å²) in [5.41, 5.74) is 14.0. The van der Waals surface area contributed by atoms with Gasteiger partial charge in [-0.3, -0.25) is 4.79 Å². The van der Waals surface area contributed by atoms with E-state index in [0.29, 0.717) is 12.5 Å². The molecule has 0 bridgehead atoms. The Morgan fingerprint density at radius 2 is 2.31 bits per heavy atom. The highest BCUT2D eigenvalue weighted by Crippen LogP contribution is 2.06. The minimum absolute atomic E-state index is 0.198. The molecule has 1 fully saturated rings. The van der Waals surface area contributed by atoms with E-state index < -0.39 is 0 Å². The first-order chi connectivity index (χ1) is 6.29. The predicted octanol–water partition coefficient (Wildman–Crippen LogP) is -0.597. The summed E-state index contributed by atoms with van der Waals surface area (Å²) in [5, 5.41) is 0. The molecule has 1 unspecified atom stereocenters. The number of nitrogens with two attached hydrogens (primary N) is 1. The van der Waals surface area contributed by atoms with Crippen molar-refractivity contribution in [1.29, 1.82) is 0 Å². The summed E-state index contributed by atoms with van der Waals surface area (Å²) in [6, 6.07) is 0.522. The zero-order valence-corrected chi connectivity index (χ0v) is 7.81. The molecule has 1 rings (SSSR count). The normalized spacial score (nSPS) is 22.9. The molecule has 13 heavy (non-hydrogen) atoms. The Bertz CT molecular complexity index is 156. The fourth-order valence-electron chi connectivity index (χ4n) is 1.44. The van der Waals surface area contributed by atoms with Crippen LogP contribution in [0.5, 0.6) is 0 Å². The third kappa shape index (κ3) is 4.82. The van der Waals surface area contributed by atoms with Crippen LogP contribution in [0.25, 0.3) is 0 Å². The summed E-state index contributed by atoms with van der Waals surface area (Å²) < 4.78 is 0. The highest BCUT2D eigenvalue weighted by atomic mass is 16.1. The molecule has 1 amide bonds. The topological polar surface area (TPSA) is 79.2 Å². The number of rotatable bonds is 5. The maximum absolute atomic E-state index is 10.4. The Balaban J connectivity index is 1.95. The van der Waals surface area contributed by atoms with Gasteiger partial charge in [0.2, 0.25) is 5.91 Å².